The topological polar surface area (TPSA) is 89.4 Å². The Morgan fingerprint density at radius 3 is 2.56 bits per heavy atom. The van der Waals surface area contributed by atoms with Gasteiger partial charge in [0.05, 0.1) is 43.1 Å². The highest BCUT2D eigenvalue weighted by molar-refractivity contribution is 6.04. The van der Waals surface area contributed by atoms with E-state index < -0.39 is 25.2 Å². The number of aryl methyl sites for hydroxylation is 2. The molecule has 3 aromatic carbocycles. The lowest BCUT2D eigenvalue weighted by atomic mass is 9.97. The van der Waals surface area contributed by atoms with Crippen molar-refractivity contribution in [3.8, 4) is 16.9 Å². The van der Waals surface area contributed by atoms with Crippen molar-refractivity contribution < 1.29 is 34.0 Å². The quantitative estimate of drug-likeness (QED) is 0.144. The molecular weight excluding hydrogens is 535 g/mol. The van der Waals surface area contributed by atoms with E-state index in [0.29, 0.717) is 41.5 Å². The highest BCUT2D eigenvalue weighted by atomic mass is 19.4. The molecule has 0 aliphatic heterocycles. The summed E-state index contributed by atoms with van der Waals surface area (Å²) in [5, 5.41) is 16.9. The number of esters is 1. The van der Waals surface area contributed by atoms with E-state index in [4.69, 9.17) is 9.47 Å². The number of fused-ring (bicyclic) bond motifs is 2. The molecule has 10 heteroatoms. The molecule has 216 valence electrons. The highest BCUT2D eigenvalue weighted by Gasteiger charge is 2.33. The monoisotopic (exact) mass is 567 g/mol. The van der Waals surface area contributed by atoms with Gasteiger partial charge in [-0.1, -0.05) is 54.6 Å². The maximum atomic E-state index is 13.4. The van der Waals surface area contributed by atoms with E-state index in [1.807, 2.05) is 48.5 Å². The Balaban J connectivity index is 0.00000405. The minimum atomic E-state index is -4.50. The van der Waals surface area contributed by atoms with E-state index in [1.54, 1.807) is 19.1 Å². The van der Waals surface area contributed by atoms with Crippen LogP contribution in [0.3, 0.4) is 0 Å². The third-order valence-corrected chi connectivity index (χ3v) is 7.02. The predicted molar refractivity (Wildman–Crippen MR) is 152 cm³/mol. The molecule has 41 heavy (non-hydrogen) atoms. The summed E-state index contributed by atoms with van der Waals surface area (Å²) in [5.41, 5.74) is 2.07. The van der Waals surface area contributed by atoms with Crippen LogP contribution in [0.4, 0.5) is 13.2 Å². The van der Waals surface area contributed by atoms with Gasteiger partial charge in [-0.2, -0.15) is 18.3 Å². The van der Waals surface area contributed by atoms with Gasteiger partial charge >= 0.3 is 12.1 Å². The number of hydrogen-bond donors (Lipinski definition) is 2. The lowest BCUT2D eigenvalue weighted by molar-refractivity contribution is -0.127. The lowest BCUT2D eigenvalue weighted by Crippen LogP contribution is -2.13. The minimum absolute atomic E-state index is 0. The van der Waals surface area contributed by atoms with Gasteiger partial charge in [0, 0.05) is 30.4 Å². The van der Waals surface area contributed by atoms with Gasteiger partial charge in [-0.05, 0) is 36.8 Å². The molecule has 0 aliphatic carbocycles. The summed E-state index contributed by atoms with van der Waals surface area (Å²) in [6.45, 7) is 1.75. The van der Waals surface area contributed by atoms with Crippen molar-refractivity contribution in [2.24, 2.45) is 7.05 Å². The Morgan fingerprint density at radius 2 is 1.80 bits per heavy atom. The number of aliphatic hydroxyl groups is 1. The van der Waals surface area contributed by atoms with Crippen LogP contribution in [0, 0.1) is 0 Å². The summed E-state index contributed by atoms with van der Waals surface area (Å²) in [6.07, 6.45) is -4.72. The van der Waals surface area contributed by atoms with Gasteiger partial charge in [0.25, 0.3) is 0 Å². The van der Waals surface area contributed by atoms with Crippen molar-refractivity contribution in [2.45, 2.75) is 39.0 Å². The fraction of sp³-hybridized carbons (Fsp3) is 0.290. The standard InChI is InChI=1S/C31H30F3N3O4.H2/c1-3-40-30(39)29-22(14-8-16-41-26-15-6-10-19-9-4-5-11-20(19)26)21-12-7-13-23(28(21)35-29)27-24(17-31(32,33)34)36-37(2)25(27)18-38;/h4-7,9-13,15,35,38H,3,8,14,16-18H2,1-2H3;1H. The second-order valence-electron chi connectivity index (χ2n) is 9.70. The smallest absolute Gasteiger partial charge is 0.394 e. The molecule has 0 aliphatic rings. The number of hydrogen-bond acceptors (Lipinski definition) is 5. The van der Waals surface area contributed by atoms with Crippen molar-refractivity contribution in [2.75, 3.05) is 13.2 Å². The number of benzene rings is 3. The average Bonchev–Trinajstić information content (AvgIpc) is 3.46. The van der Waals surface area contributed by atoms with Gasteiger partial charge in [0.1, 0.15) is 11.4 Å². The zero-order valence-corrected chi connectivity index (χ0v) is 22.7. The van der Waals surface area contributed by atoms with Gasteiger partial charge in [0.15, 0.2) is 0 Å². The fourth-order valence-electron chi connectivity index (χ4n) is 5.30. The fourth-order valence-corrected chi connectivity index (χ4v) is 5.30. The number of alkyl halides is 3. The molecule has 0 fully saturated rings. The third-order valence-electron chi connectivity index (χ3n) is 7.02. The van der Waals surface area contributed by atoms with Crippen molar-refractivity contribution >= 4 is 27.6 Å². The molecule has 7 nitrogen and oxygen atoms in total. The number of carbonyl (C=O) groups excluding carboxylic acids is 1. The lowest BCUT2D eigenvalue weighted by Gasteiger charge is -2.10. The number of aliphatic hydroxyl groups excluding tert-OH is 1. The van der Waals surface area contributed by atoms with E-state index in [1.165, 1.54) is 11.7 Å². The number of ether oxygens (including phenoxy) is 2. The molecule has 5 rings (SSSR count). The van der Waals surface area contributed by atoms with Crippen LogP contribution >= 0.6 is 0 Å². The molecule has 2 heterocycles. The van der Waals surface area contributed by atoms with Crippen molar-refractivity contribution in [1.29, 1.82) is 0 Å². The first-order valence-electron chi connectivity index (χ1n) is 13.4. The maximum Gasteiger partial charge on any atom is 0.394 e. The molecular formula is C31H32F3N3O4. The number of carbonyl (C=O) groups is 1. The number of aromatic amines is 1. The number of aromatic nitrogens is 3. The van der Waals surface area contributed by atoms with Gasteiger partial charge in [-0.15, -0.1) is 0 Å². The van der Waals surface area contributed by atoms with E-state index in [0.717, 1.165) is 16.5 Å². The SMILES string of the molecule is CCOC(=O)c1[nH]c2c(-c3c(CC(F)(F)F)nn(C)c3CO)cccc2c1CCCOc1cccc2ccccc12.[HH]. The number of nitrogens with one attached hydrogen (secondary N) is 1. The molecule has 0 unspecified atom stereocenters. The summed E-state index contributed by atoms with van der Waals surface area (Å²) in [6, 6.07) is 19.0. The molecule has 0 atom stereocenters. The van der Waals surface area contributed by atoms with Crippen molar-refractivity contribution in [1.82, 2.24) is 14.8 Å². The molecule has 0 saturated heterocycles. The Bertz CT molecular complexity index is 1710. The maximum absolute atomic E-state index is 13.4. The number of rotatable bonds is 10. The summed E-state index contributed by atoms with van der Waals surface area (Å²) in [5.74, 6) is 0.212. The zero-order chi connectivity index (χ0) is 29.1. The van der Waals surface area contributed by atoms with Crippen LogP contribution in [-0.2, 0) is 31.2 Å². The molecule has 0 radical (unpaired) electrons. The molecule has 0 amide bonds. The van der Waals surface area contributed by atoms with Crippen LogP contribution in [-0.4, -0.2) is 45.2 Å². The van der Waals surface area contributed by atoms with Crippen LogP contribution < -0.4 is 4.74 Å². The molecule has 5 aromatic rings. The van der Waals surface area contributed by atoms with Crippen LogP contribution in [0.1, 0.15) is 42.2 Å². The largest absolute Gasteiger partial charge is 0.493 e. The minimum Gasteiger partial charge on any atom is -0.493 e. The summed E-state index contributed by atoms with van der Waals surface area (Å²) < 4.78 is 53.0. The molecule has 0 saturated carbocycles. The second-order valence-corrected chi connectivity index (χ2v) is 9.70. The van der Waals surface area contributed by atoms with Gasteiger partial charge < -0.3 is 19.6 Å². The van der Waals surface area contributed by atoms with E-state index in [9.17, 15) is 23.1 Å². The molecule has 2 aromatic heterocycles. The second kappa shape index (κ2) is 11.7. The van der Waals surface area contributed by atoms with Crippen molar-refractivity contribution in [3.05, 3.63) is 83.3 Å². The van der Waals surface area contributed by atoms with Crippen LogP contribution in [0.25, 0.3) is 32.8 Å². The normalized spacial score (nSPS) is 11.9. The summed E-state index contributed by atoms with van der Waals surface area (Å²) in [7, 11) is 1.50. The predicted octanol–water partition coefficient (Wildman–Crippen LogP) is 6.75. The molecule has 2 N–H and O–H groups in total. The number of nitrogens with zero attached hydrogens (tertiary/aromatic N) is 2. The molecule has 0 spiro atoms. The first-order valence-corrected chi connectivity index (χ1v) is 13.4. The first-order chi connectivity index (χ1) is 19.7. The van der Waals surface area contributed by atoms with Crippen molar-refractivity contribution in [3.63, 3.8) is 0 Å². The number of para-hydroxylation sites is 1. The number of halogens is 3. The summed E-state index contributed by atoms with van der Waals surface area (Å²) in [4.78, 5) is 16.1. The van der Waals surface area contributed by atoms with Crippen LogP contribution in [0.15, 0.2) is 60.7 Å². The van der Waals surface area contributed by atoms with Gasteiger partial charge in [-0.25, -0.2) is 4.79 Å². The van der Waals surface area contributed by atoms with E-state index in [-0.39, 0.29) is 30.7 Å². The van der Waals surface area contributed by atoms with E-state index in [2.05, 4.69) is 10.1 Å². The highest BCUT2D eigenvalue weighted by Crippen LogP contribution is 2.38. The first kappa shape index (κ1) is 28.2. The van der Waals surface area contributed by atoms with Crippen LogP contribution in [0.2, 0.25) is 0 Å². The third kappa shape index (κ3) is 5.78. The van der Waals surface area contributed by atoms with Crippen LogP contribution in [0.5, 0.6) is 5.75 Å². The van der Waals surface area contributed by atoms with E-state index >= 15 is 0 Å². The Morgan fingerprint density at radius 1 is 1.07 bits per heavy atom. The van der Waals surface area contributed by atoms with Gasteiger partial charge in [0.2, 0.25) is 0 Å². The Hall–Kier alpha value is -4.31. The molecule has 0 bridgehead atoms. The number of H-pyrrole nitrogens is 1. The summed E-state index contributed by atoms with van der Waals surface area (Å²) >= 11 is 0. The zero-order valence-electron chi connectivity index (χ0n) is 22.7. The Kier molecular flexibility index (Phi) is 8.03. The Labute approximate surface area is 236 Å². The van der Waals surface area contributed by atoms with Gasteiger partial charge in [-0.3, -0.25) is 4.68 Å². The average molecular weight is 568 g/mol.